The Labute approximate surface area is 114 Å². The smallest absolute Gasteiger partial charge is 0.316 e. The Bertz CT molecular complexity index is 335. The first-order valence-corrected chi connectivity index (χ1v) is 6.93. The molecular formula is C14H25NO4. The van der Waals surface area contributed by atoms with Gasteiger partial charge in [0, 0.05) is 6.54 Å². The number of carbonyl (C=O) groups is 2. The Morgan fingerprint density at radius 3 is 2.37 bits per heavy atom. The van der Waals surface area contributed by atoms with Crippen molar-refractivity contribution in [1.29, 1.82) is 0 Å². The fraction of sp³-hybridized carbons (Fsp3) is 0.857. The van der Waals surface area contributed by atoms with Crippen molar-refractivity contribution in [3.8, 4) is 0 Å². The van der Waals surface area contributed by atoms with E-state index in [2.05, 4.69) is 0 Å². The third-order valence-electron chi connectivity index (χ3n) is 3.73. The van der Waals surface area contributed by atoms with E-state index in [4.69, 9.17) is 0 Å². The highest BCUT2D eigenvalue weighted by Crippen LogP contribution is 2.30. The molecule has 1 heterocycles. The highest BCUT2D eigenvalue weighted by Gasteiger charge is 2.41. The molecule has 1 fully saturated rings. The molecule has 1 aliphatic rings. The Hall–Kier alpha value is -1.10. The number of hydrogen-bond donors (Lipinski definition) is 2. The van der Waals surface area contributed by atoms with Gasteiger partial charge in [0.05, 0.1) is 12.6 Å². The minimum Gasteiger partial charge on any atom is -0.481 e. The van der Waals surface area contributed by atoms with Crippen molar-refractivity contribution < 1.29 is 19.8 Å². The Kier molecular flexibility index (Phi) is 5.35. The summed E-state index contributed by atoms with van der Waals surface area (Å²) < 4.78 is 0. The fourth-order valence-corrected chi connectivity index (χ4v) is 2.67. The topological polar surface area (TPSA) is 77.8 Å². The Morgan fingerprint density at radius 1 is 1.26 bits per heavy atom. The molecule has 2 unspecified atom stereocenters. The first kappa shape index (κ1) is 16.0. The van der Waals surface area contributed by atoms with Crippen LogP contribution in [0.1, 0.15) is 46.5 Å². The number of aliphatic hydroxyl groups excluding tert-OH is 1. The van der Waals surface area contributed by atoms with E-state index in [9.17, 15) is 19.8 Å². The molecule has 2 atom stereocenters. The molecule has 1 amide bonds. The lowest BCUT2D eigenvalue weighted by Gasteiger charge is -2.35. The zero-order valence-corrected chi connectivity index (χ0v) is 12.1. The van der Waals surface area contributed by atoms with E-state index < -0.39 is 17.3 Å². The lowest BCUT2D eigenvalue weighted by molar-refractivity contribution is -0.157. The molecule has 110 valence electrons. The molecule has 0 spiro atoms. The van der Waals surface area contributed by atoms with Crippen molar-refractivity contribution in [2.45, 2.75) is 52.5 Å². The second-order valence-corrected chi connectivity index (χ2v) is 6.35. The zero-order chi connectivity index (χ0) is 14.6. The van der Waals surface area contributed by atoms with Gasteiger partial charge in [-0.15, -0.1) is 0 Å². The lowest BCUT2D eigenvalue weighted by Crippen LogP contribution is -2.50. The average Bonchev–Trinajstić information content (AvgIpc) is 2.50. The van der Waals surface area contributed by atoms with Crippen LogP contribution >= 0.6 is 0 Å². The van der Waals surface area contributed by atoms with Gasteiger partial charge < -0.3 is 15.1 Å². The monoisotopic (exact) mass is 271 g/mol. The van der Waals surface area contributed by atoms with Gasteiger partial charge in [0.1, 0.15) is 5.92 Å². The number of aliphatic carboxylic acids is 1. The van der Waals surface area contributed by atoms with Crippen LogP contribution in [-0.4, -0.2) is 46.2 Å². The normalized spacial score (nSPS) is 22.7. The third-order valence-corrected chi connectivity index (χ3v) is 3.73. The molecule has 19 heavy (non-hydrogen) atoms. The van der Waals surface area contributed by atoms with Gasteiger partial charge in [-0.1, -0.05) is 33.6 Å². The van der Waals surface area contributed by atoms with E-state index in [0.29, 0.717) is 6.54 Å². The summed E-state index contributed by atoms with van der Waals surface area (Å²) >= 11 is 0. The van der Waals surface area contributed by atoms with E-state index in [0.717, 1.165) is 25.7 Å². The van der Waals surface area contributed by atoms with Crippen molar-refractivity contribution >= 4 is 11.9 Å². The standard InChI is InChI=1S/C14H25NO4/c1-14(2,3)11(13(18)19)12(17)15-8-6-4-5-7-10(15)9-16/h10-11,16H,4-9H2,1-3H3,(H,18,19). The van der Waals surface area contributed by atoms with Crippen LogP contribution in [0, 0.1) is 11.3 Å². The molecular weight excluding hydrogens is 246 g/mol. The summed E-state index contributed by atoms with van der Waals surface area (Å²) in [5.74, 6) is -2.50. The number of amides is 1. The van der Waals surface area contributed by atoms with E-state index in [1.54, 1.807) is 25.7 Å². The maximum Gasteiger partial charge on any atom is 0.316 e. The Morgan fingerprint density at radius 2 is 1.89 bits per heavy atom. The molecule has 5 nitrogen and oxygen atoms in total. The molecule has 0 radical (unpaired) electrons. The van der Waals surface area contributed by atoms with Gasteiger partial charge in [-0.25, -0.2) is 0 Å². The van der Waals surface area contributed by atoms with E-state index in [1.165, 1.54) is 0 Å². The molecule has 0 bridgehead atoms. The highest BCUT2D eigenvalue weighted by molar-refractivity contribution is 5.97. The number of rotatable bonds is 3. The van der Waals surface area contributed by atoms with Crippen molar-refractivity contribution in [3.63, 3.8) is 0 Å². The number of likely N-dealkylation sites (tertiary alicyclic amines) is 1. The maximum atomic E-state index is 12.5. The second-order valence-electron chi connectivity index (χ2n) is 6.35. The number of carboxylic acids is 1. The van der Waals surface area contributed by atoms with Gasteiger partial charge in [0.15, 0.2) is 0 Å². The summed E-state index contributed by atoms with van der Waals surface area (Å²) in [4.78, 5) is 25.5. The van der Waals surface area contributed by atoms with Crippen LogP contribution < -0.4 is 0 Å². The molecule has 0 aromatic rings. The summed E-state index contributed by atoms with van der Waals surface area (Å²) in [6, 6.07) is -0.237. The van der Waals surface area contributed by atoms with Crippen molar-refractivity contribution in [1.82, 2.24) is 4.90 Å². The third kappa shape index (κ3) is 3.93. The molecule has 0 aromatic heterocycles. The van der Waals surface area contributed by atoms with Gasteiger partial charge in [-0.2, -0.15) is 0 Å². The van der Waals surface area contributed by atoms with E-state index in [-0.39, 0.29) is 18.6 Å². The second kappa shape index (κ2) is 6.37. The number of carboxylic acid groups (broad SMARTS) is 1. The molecule has 1 aliphatic heterocycles. The van der Waals surface area contributed by atoms with Gasteiger partial charge in [-0.05, 0) is 18.3 Å². The summed E-state index contributed by atoms with van der Waals surface area (Å²) in [6.45, 7) is 5.73. The fourth-order valence-electron chi connectivity index (χ4n) is 2.67. The lowest BCUT2D eigenvalue weighted by atomic mass is 9.79. The molecule has 1 saturated heterocycles. The quantitative estimate of drug-likeness (QED) is 0.762. The molecule has 5 heteroatoms. The van der Waals surface area contributed by atoms with Crippen LogP contribution in [-0.2, 0) is 9.59 Å². The summed E-state index contributed by atoms with van der Waals surface area (Å²) in [6.07, 6.45) is 3.62. The van der Waals surface area contributed by atoms with Crippen LogP contribution in [0.3, 0.4) is 0 Å². The van der Waals surface area contributed by atoms with Crippen molar-refractivity contribution in [2.24, 2.45) is 11.3 Å². The molecule has 0 aliphatic carbocycles. The number of aliphatic hydroxyl groups is 1. The summed E-state index contributed by atoms with van der Waals surface area (Å²) in [5, 5.41) is 18.7. The number of nitrogens with zero attached hydrogens (tertiary/aromatic N) is 1. The molecule has 0 aromatic carbocycles. The summed E-state index contributed by atoms with van der Waals surface area (Å²) in [7, 11) is 0. The first-order chi connectivity index (χ1) is 8.79. The van der Waals surface area contributed by atoms with Crippen LogP contribution in [0.4, 0.5) is 0 Å². The predicted molar refractivity (Wildman–Crippen MR) is 71.6 cm³/mol. The van der Waals surface area contributed by atoms with Crippen LogP contribution in [0.25, 0.3) is 0 Å². The number of hydrogen-bond acceptors (Lipinski definition) is 3. The van der Waals surface area contributed by atoms with Crippen LogP contribution in [0.15, 0.2) is 0 Å². The van der Waals surface area contributed by atoms with Gasteiger partial charge in [0.2, 0.25) is 5.91 Å². The SMILES string of the molecule is CC(C)(C)C(C(=O)O)C(=O)N1CCCCCC1CO. The first-order valence-electron chi connectivity index (χ1n) is 6.93. The minimum atomic E-state index is -1.08. The predicted octanol–water partition coefficient (Wildman–Crippen LogP) is 1.50. The van der Waals surface area contributed by atoms with Gasteiger partial charge in [0.25, 0.3) is 0 Å². The highest BCUT2D eigenvalue weighted by atomic mass is 16.4. The Balaban J connectivity index is 2.96. The molecule has 1 rings (SSSR count). The van der Waals surface area contributed by atoms with E-state index in [1.807, 2.05) is 0 Å². The van der Waals surface area contributed by atoms with Gasteiger partial charge >= 0.3 is 5.97 Å². The zero-order valence-electron chi connectivity index (χ0n) is 12.1. The van der Waals surface area contributed by atoms with Crippen molar-refractivity contribution in [3.05, 3.63) is 0 Å². The minimum absolute atomic E-state index is 0.0950. The maximum absolute atomic E-state index is 12.5. The van der Waals surface area contributed by atoms with Crippen LogP contribution in [0.5, 0.6) is 0 Å². The summed E-state index contributed by atoms with van der Waals surface area (Å²) in [5.41, 5.74) is -0.630. The molecule has 2 N–H and O–H groups in total. The largest absolute Gasteiger partial charge is 0.481 e. The van der Waals surface area contributed by atoms with Gasteiger partial charge in [-0.3, -0.25) is 9.59 Å². The number of carbonyl (C=O) groups excluding carboxylic acids is 1. The van der Waals surface area contributed by atoms with Crippen LogP contribution in [0.2, 0.25) is 0 Å². The molecule has 0 saturated carbocycles. The average molecular weight is 271 g/mol. The van der Waals surface area contributed by atoms with E-state index >= 15 is 0 Å². The van der Waals surface area contributed by atoms with Crippen molar-refractivity contribution in [2.75, 3.05) is 13.2 Å².